The molecule has 0 atom stereocenters. The molecule has 0 radical (unpaired) electrons. The topological polar surface area (TPSA) is 72.9 Å². The first-order chi connectivity index (χ1) is 12.8. The molecule has 140 valence electrons. The van der Waals surface area contributed by atoms with Crippen LogP contribution in [-0.4, -0.2) is 30.8 Å². The van der Waals surface area contributed by atoms with Crippen LogP contribution in [0.3, 0.4) is 0 Å². The van der Waals surface area contributed by atoms with Crippen molar-refractivity contribution in [3.05, 3.63) is 52.5 Å². The SMILES string of the molecule is CC(=O)Oc1ccc(N2C(=O)c3c(Cl)ccc(OCC(F)F)c3C2=O)cc1. The zero-order chi connectivity index (χ0) is 19.7. The maximum atomic E-state index is 12.8. The van der Waals surface area contributed by atoms with Crippen LogP contribution in [0.15, 0.2) is 36.4 Å². The van der Waals surface area contributed by atoms with Crippen molar-refractivity contribution in [1.82, 2.24) is 0 Å². The Morgan fingerprint density at radius 1 is 1.07 bits per heavy atom. The normalized spacial score (nSPS) is 13.1. The van der Waals surface area contributed by atoms with E-state index >= 15 is 0 Å². The maximum Gasteiger partial charge on any atom is 0.308 e. The number of hydrogen-bond acceptors (Lipinski definition) is 5. The van der Waals surface area contributed by atoms with Gasteiger partial charge < -0.3 is 9.47 Å². The Labute approximate surface area is 157 Å². The fourth-order valence-corrected chi connectivity index (χ4v) is 2.87. The van der Waals surface area contributed by atoms with E-state index in [0.717, 1.165) is 4.90 Å². The summed E-state index contributed by atoms with van der Waals surface area (Å²) in [5, 5.41) is 0.00628. The monoisotopic (exact) mass is 395 g/mol. The van der Waals surface area contributed by atoms with Crippen molar-refractivity contribution in [2.24, 2.45) is 0 Å². The Kier molecular flexibility index (Phi) is 5.09. The van der Waals surface area contributed by atoms with Crippen LogP contribution < -0.4 is 14.4 Å². The Bertz CT molecular complexity index is 930. The zero-order valence-corrected chi connectivity index (χ0v) is 14.6. The van der Waals surface area contributed by atoms with Crippen molar-refractivity contribution < 1.29 is 32.6 Å². The number of carbonyl (C=O) groups excluding carboxylic acids is 3. The van der Waals surface area contributed by atoms with E-state index in [1.54, 1.807) is 0 Å². The van der Waals surface area contributed by atoms with Gasteiger partial charge in [-0.25, -0.2) is 13.7 Å². The van der Waals surface area contributed by atoms with Crippen LogP contribution in [0.2, 0.25) is 5.02 Å². The molecule has 1 aliphatic heterocycles. The number of hydrogen-bond donors (Lipinski definition) is 0. The summed E-state index contributed by atoms with van der Waals surface area (Å²) in [5.41, 5.74) is -0.0808. The number of fused-ring (bicyclic) bond motifs is 1. The Balaban J connectivity index is 1.97. The molecule has 2 amide bonds. The largest absolute Gasteiger partial charge is 0.487 e. The molecular weight excluding hydrogens is 384 g/mol. The number of halogens is 3. The molecule has 2 aromatic carbocycles. The van der Waals surface area contributed by atoms with Crippen LogP contribution in [-0.2, 0) is 4.79 Å². The highest BCUT2D eigenvalue weighted by Gasteiger charge is 2.41. The van der Waals surface area contributed by atoms with Gasteiger partial charge in [-0.05, 0) is 36.4 Å². The average Bonchev–Trinajstić information content (AvgIpc) is 2.87. The number of ether oxygens (including phenoxy) is 2. The van der Waals surface area contributed by atoms with Gasteiger partial charge in [-0.15, -0.1) is 0 Å². The number of anilines is 1. The van der Waals surface area contributed by atoms with Crippen molar-refractivity contribution in [2.75, 3.05) is 11.5 Å². The first-order valence-corrected chi connectivity index (χ1v) is 8.08. The van der Waals surface area contributed by atoms with E-state index < -0.39 is 30.8 Å². The highest BCUT2D eigenvalue weighted by Crippen LogP contribution is 2.38. The first-order valence-electron chi connectivity index (χ1n) is 7.70. The first kappa shape index (κ1) is 18.8. The lowest BCUT2D eigenvalue weighted by molar-refractivity contribution is -0.131. The second-order valence-corrected chi connectivity index (χ2v) is 5.94. The summed E-state index contributed by atoms with van der Waals surface area (Å²) < 4.78 is 34.8. The third-order valence-electron chi connectivity index (χ3n) is 3.67. The van der Waals surface area contributed by atoms with Crippen LogP contribution in [0.1, 0.15) is 27.6 Å². The minimum absolute atomic E-state index is 0.00628. The molecule has 9 heteroatoms. The molecule has 6 nitrogen and oxygen atoms in total. The van der Waals surface area contributed by atoms with Crippen LogP contribution >= 0.6 is 11.6 Å². The fraction of sp³-hybridized carbons (Fsp3) is 0.167. The number of rotatable bonds is 5. The lowest BCUT2D eigenvalue weighted by Crippen LogP contribution is -2.29. The molecule has 0 aromatic heterocycles. The van der Waals surface area contributed by atoms with Gasteiger partial charge in [-0.3, -0.25) is 14.4 Å². The number of amides is 2. The standard InChI is InChI=1S/C18H12ClF2NO5/c1-9(23)27-11-4-2-10(3-5-11)22-17(24)15-12(19)6-7-13(16(15)18(22)25)26-8-14(20)21/h2-7,14H,8H2,1H3. The molecule has 1 aliphatic rings. The lowest BCUT2D eigenvalue weighted by atomic mass is 10.1. The summed E-state index contributed by atoms with van der Waals surface area (Å²) in [5.74, 6) is -1.88. The number of alkyl halides is 2. The summed E-state index contributed by atoms with van der Waals surface area (Å²) in [7, 11) is 0. The minimum atomic E-state index is -2.74. The molecule has 0 spiro atoms. The van der Waals surface area contributed by atoms with E-state index in [2.05, 4.69) is 0 Å². The number of carbonyl (C=O) groups is 3. The van der Waals surface area contributed by atoms with Crippen molar-refractivity contribution in [2.45, 2.75) is 13.3 Å². The highest BCUT2D eigenvalue weighted by molar-refractivity contribution is 6.42. The molecule has 0 saturated heterocycles. The molecular formula is C18H12ClF2NO5. The second-order valence-electron chi connectivity index (χ2n) is 5.53. The van der Waals surface area contributed by atoms with Gasteiger partial charge in [-0.1, -0.05) is 11.6 Å². The van der Waals surface area contributed by atoms with Crippen molar-refractivity contribution >= 4 is 35.1 Å². The van der Waals surface area contributed by atoms with Gasteiger partial charge >= 0.3 is 5.97 Å². The van der Waals surface area contributed by atoms with E-state index in [9.17, 15) is 23.2 Å². The minimum Gasteiger partial charge on any atom is -0.487 e. The van der Waals surface area contributed by atoms with E-state index in [4.69, 9.17) is 21.1 Å². The average molecular weight is 396 g/mol. The summed E-state index contributed by atoms with van der Waals surface area (Å²) in [4.78, 5) is 37.3. The molecule has 2 aromatic rings. The number of benzene rings is 2. The van der Waals surface area contributed by atoms with Crippen molar-refractivity contribution in [1.29, 1.82) is 0 Å². The molecule has 1 heterocycles. The van der Waals surface area contributed by atoms with Gasteiger partial charge in [0.25, 0.3) is 18.2 Å². The number of nitrogens with zero attached hydrogens (tertiary/aromatic N) is 1. The molecule has 0 unspecified atom stereocenters. The molecule has 0 aliphatic carbocycles. The highest BCUT2D eigenvalue weighted by atomic mass is 35.5. The van der Waals surface area contributed by atoms with E-state index in [1.807, 2.05) is 0 Å². The van der Waals surface area contributed by atoms with Gasteiger partial charge in [-0.2, -0.15) is 0 Å². The van der Waals surface area contributed by atoms with E-state index in [0.29, 0.717) is 0 Å². The third-order valence-corrected chi connectivity index (χ3v) is 3.99. The smallest absolute Gasteiger partial charge is 0.308 e. The predicted octanol–water partition coefficient (Wildman–Crippen LogP) is 3.71. The van der Waals surface area contributed by atoms with Crippen LogP contribution in [0.25, 0.3) is 0 Å². The van der Waals surface area contributed by atoms with Gasteiger partial charge in [0.2, 0.25) is 0 Å². The van der Waals surface area contributed by atoms with Gasteiger partial charge in [0.1, 0.15) is 18.1 Å². The van der Waals surface area contributed by atoms with Gasteiger partial charge in [0.05, 0.1) is 21.8 Å². The quantitative estimate of drug-likeness (QED) is 0.438. The second kappa shape index (κ2) is 7.32. The van der Waals surface area contributed by atoms with Crippen molar-refractivity contribution in [3.63, 3.8) is 0 Å². The van der Waals surface area contributed by atoms with Crippen LogP contribution in [0.5, 0.6) is 11.5 Å². The maximum absolute atomic E-state index is 12.8. The van der Waals surface area contributed by atoms with Crippen molar-refractivity contribution in [3.8, 4) is 11.5 Å². The van der Waals surface area contributed by atoms with E-state index in [1.165, 1.54) is 43.3 Å². The van der Waals surface area contributed by atoms with E-state index in [-0.39, 0.29) is 33.3 Å². The third kappa shape index (κ3) is 3.61. The Morgan fingerprint density at radius 2 is 1.70 bits per heavy atom. The Hall–Kier alpha value is -3.00. The molecule has 0 saturated carbocycles. The van der Waals surface area contributed by atoms with Crippen LogP contribution in [0, 0.1) is 0 Å². The molecule has 3 rings (SSSR count). The summed E-state index contributed by atoms with van der Waals surface area (Å²) >= 11 is 6.04. The van der Waals surface area contributed by atoms with Gasteiger partial charge in [0, 0.05) is 6.92 Å². The molecule has 27 heavy (non-hydrogen) atoms. The predicted molar refractivity (Wildman–Crippen MR) is 91.8 cm³/mol. The number of esters is 1. The molecule has 0 fully saturated rings. The van der Waals surface area contributed by atoms with Gasteiger partial charge in [0.15, 0.2) is 0 Å². The summed E-state index contributed by atoms with van der Waals surface area (Å²) in [6.45, 7) is 0.313. The Morgan fingerprint density at radius 3 is 2.30 bits per heavy atom. The van der Waals surface area contributed by atoms with Crippen LogP contribution in [0.4, 0.5) is 14.5 Å². The lowest BCUT2D eigenvalue weighted by Gasteiger charge is -2.14. The molecule has 0 N–H and O–H groups in total. The zero-order valence-electron chi connectivity index (χ0n) is 13.9. The number of imide groups is 1. The fourth-order valence-electron chi connectivity index (χ4n) is 2.63. The summed E-state index contributed by atoms with van der Waals surface area (Å²) in [6.07, 6.45) is -2.74. The summed E-state index contributed by atoms with van der Waals surface area (Å²) in [6, 6.07) is 8.22. The molecule has 0 bridgehead atoms.